The summed E-state index contributed by atoms with van der Waals surface area (Å²) in [7, 11) is -3.98. The molecular formula is C26H35N2O9PS. The highest BCUT2D eigenvalue weighted by molar-refractivity contribution is 7.71. The molecule has 2 aromatic rings. The van der Waals surface area contributed by atoms with Gasteiger partial charge in [0.15, 0.2) is 11.0 Å². The fourth-order valence-electron chi connectivity index (χ4n) is 4.81. The van der Waals surface area contributed by atoms with Crippen molar-refractivity contribution in [2.24, 2.45) is 5.92 Å². The highest BCUT2D eigenvalue weighted by Crippen LogP contribution is 2.51. The van der Waals surface area contributed by atoms with Crippen LogP contribution in [0.5, 0.6) is 5.75 Å². The lowest BCUT2D eigenvalue weighted by Crippen LogP contribution is -2.44. The molecule has 13 heteroatoms. The first-order valence-corrected chi connectivity index (χ1v) is 15.2. The monoisotopic (exact) mass is 582 g/mol. The predicted octanol–water partition coefficient (Wildman–Crippen LogP) is 3.72. The van der Waals surface area contributed by atoms with E-state index in [0.717, 1.165) is 32.1 Å². The van der Waals surface area contributed by atoms with Crippen LogP contribution < -0.4 is 10.1 Å². The van der Waals surface area contributed by atoms with Gasteiger partial charge in [-0.25, -0.2) is 4.57 Å². The summed E-state index contributed by atoms with van der Waals surface area (Å²) in [6.07, 6.45) is 1.93. The second-order valence-corrected chi connectivity index (χ2v) is 12.7. The van der Waals surface area contributed by atoms with E-state index in [1.165, 1.54) is 23.8 Å². The number of nitrogens with one attached hydrogen (secondary N) is 1. The van der Waals surface area contributed by atoms with Gasteiger partial charge in [-0.15, -0.1) is 0 Å². The number of nitrogens with zero attached hydrogens (tertiary/aromatic N) is 1. The number of aromatic nitrogens is 2. The largest absolute Gasteiger partial charge is 0.462 e. The molecule has 1 unspecified atom stereocenters. The van der Waals surface area contributed by atoms with E-state index in [1.807, 2.05) is 0 Å². The van der Waals surface area contributed by atoms with Crippen molar-refractivity contribution in [1.82, 2.24) is 9.55 Å². The van der Waals surface area contributed by atoms with Gasteiger partial charge < -0.3 is 24.2 Å². The number of benzene rings is 1. The zero-order valence-electron chi connectivity index (χ0n) is 21.9. The lowest BCUT2D eigenvalue weighted by atomic mass is 9.96. The third kappa shape index (κ3) is 7.25. The molecule has 3 N–H and O–H groups in total. The number of esters is 1. The van der Waals surface area contributed by atoms with Crippen LogP contribution in [-0.2, 0) is 23.4 Å². The second-order valence-electron chi connectivity index (χ2n) is 10.3. The van der Waals surface area contributed by atoms with E-state index in [9.17, 15) is 24.4 Å². The SMILES string of the molecule is C[C@H](C[P@](=O)(OC[C@H]1O[C@@H](n2ccc(=O)[nH]c2=S)C(C)(O)[C@H]1O)Oc1ccccc1)C(=O)OC1CCCCC1. The van der Waals surface area contributed by atoms with Crippen LogP contribution in [0.3, 0.4) is 0 Å². The topological polar surface area (TPSA) is 149 Å². The summed E-state index contributed by atoms with van der Waals surface area (Å²) in [5.41, 5.74) is -2.25. The number of carbonyl (C=O) groups is 1. The van der Waals surface area contributed by atoms with E-state index in [-0.39, 0.29) is 22.8 Å². The van der Waals surface area contributed by atoms with Gasteiger partial charge in [-0.3, -0.25) is 23.7 Å². The molecule has 0 spiro atoms. The van der Waals surface area contributed by atoms with Gasteiger partial charge in [-0.2, -0.15) is 0 Å². The van der Waals surface area contributed by atoms with E-state index in [4.69, 9.17) is 30.7 Å². The first-order chi connectivity index (χ1) is 18.5. The number of carbonyl (C=O) groups excluding carboxylic acids is 1. The molecule has 0 radical (unpaired) electrons. The molecule has 39 heavy (non-hydrogen) atoms. The van der Waals surface area contributed by atoms with Gasteiger partial charge in [0.05, 0.1) is 18.7 Å². The Labute approximate surface area is 231 Å². The molecule has 1 aromatic heterocycles. The van der Waals surface area contributed by atoms with Crippen molar-refractivity contribution >= 4 is 25.8 Å². The summed E-state index contributed by atoms with van der Waals surface area (Å²) in [6.45, 7) is 2.55. The third-order valence-corrected chi connectivity index (χ3v) is 9.36. The number of H-pyrrole nitrogens is 1. The number of para-hydroxylation sites is 1. The van der Waals surface area contributed by atoms with E-state index in [2.05, 4.69) is 4.98 Å². The van der Waals surface area contributed by atoms with Crippen LogP contribution in [0.4, 0.5) is 0 Å². The molecule has 2 aliphatic rings. The summed E-state index contributed by atoms with van der Waals surface area (Å²) < 4.78 is 38.3. The molecule has 2 fully saturated rings. The molecule has 214 valence electrons. The maximum absolute atomic E-state index is 13.9. The Morgan fingerprint density at radius 2 is 1.95 bits per heavy atom. The van der Waals surface area contributed by atoms with Crippen LogP contribution in [0.1, 0.15) is 52.2 Å². The van der Waals surface area contributed by atoms with Crippen molar-refractivity contribution in [3.05, 3.63) is 57.7 Å². The number of aliphatic hydroxyl groups is 2. The summed E-state index contributed by atoms with van der Waals surface area (Å²) in [5.74, 6) is -0.979. The van der Waals surface area contributed by atoms with Crippen LogP contribution in [0.15, 0.2) is 47.4 Å². The van der Waals surface area contributed by atoms with Gasteiger partial charge in [0, 0.05) is 12.3 Å². The molecule has 4 rings (SSSR count). The lowest BCUT2D eigenvalue weighted by molar-refractivity contribution is -0.154. The molecule has 1 aromatic carbocycles. The number of aliphatic hydroxyl groups excluding tert-OH is 1. The maximum Gasteiger partial charge on any atom is 0.380 e. The summed E-state index contributed by atoms with van der Waals surface area (Å²) in [6, 6.07) is 9.62. The van der Waals surface area contributed by atoms with E-state index in [0.29, 0.717) is 0 Å². The third-order valence-electron chi connectivity index (χ3n) is 7.02. The van der Waals surface area contributed by atoms with Gasteiger partial charge in [-0.1, -0.05) is 31.5 Å². The Kier molecular flexibility index (Phi) is 9.46. The van der Waals surface area contributed by atoms with Crippen LogP contribution >= 0.6 is 19.8 Å². The molecule has 11 nitrogen and oxygen atoms in total. The van der Waals surface area contributed by atoms with Gasteiger partial charge in [0.1, 0.15) is 29.7 Å². The molecule has 6 atom stereocenters. The smallest absolute Gasteiger partial charge is 0.380 e. The van der Waals surface area contributed by atoms with Crippen molar-refractivity contribution in [3.63, 3.8) is 0 Å². The number of hydrogen-bond donors (Lipinski definition) is 3. The Morgan fingerprint density at radius 3 is 2.62 bits per heavy atom. The Hall–Kier alpha value is -2.34. The minimum atomic E-state index is -3.98. The first-order valence-electron chi connectivity index (χ1n) is 13.0. The number of hydrogen-bond acceptors (Lipinski definition) is 10. The molecule has 1 saturated heterocycles. The number of rotatable bonds is 10. The summed E-state index contributed by atoms with van der Waals surface area (Å²) in [5, 5.41) is 21.9. The Bertz CT molecular complexity index is 1290. The highest BCUT2D eigenvalue weighted by Gasteiger charge is 2.53. The van der Waals surface area contributed by atoms with Gasteiger partial charge in [0.2, 0.25) is 0 Å². The maximum atomic E-state index is 13.9. The van der Waals surface area contributed by atoms with E-state index >= 15 is 0 Å². The normalized spacial score (nSPS) is 27.9. The van der Waals surface area contributed by atoms with Crippen molar-refractivity contribution in [2.75, 3.05) is 12.8 Å². The quantitative estimate of drug-likeness (QED) is 0.215. The molecule has 1 aliphatic heterocycles. The van der Waals surface area contributed by atoms with Crippen molar-refractivity contribution < 1.29 is 38.1 Å². The molecule has 1 aliphatic carbocycles. The van der Waals surface area contributed by atoms with Gasteiger partial charge in [-0.05, 0) is 57.0 Å². The first kappa shape index (κ1) is 29.6. The van der Waals surface area contributed by atoms with Crippen molar-refractivity contribution in [3.8, 4) is 5.75 Å². The van der Waals surface area contributed by atoms with Crippen molar-refractivity contribution in [2.45, 2.75) is 76.1 Å². The van der Waals surface area contributed by atoms with Crippen molar-refractivity contribution in [1.29, 1.82) is 0 Å². The molecule has 0 amide bonds. The molecule has 1 saturated carbocycles. The number of aromatic amines is 1. The average Bonchev–Trinajstić information content (AvgIpc) is 3.12. The van der Waals surface area contributed by atoms with Crippen LogP contribution in [0.25, 0.3) is 0 Å². The molecule has 0 bridgehead atoms. The zero-order chi connectivity index (χ0) is 28.2. The van der Waals surface area contributed by atoms with Gasteiger partial charge >= 0.3 is 13.6 Å². The second kappa shape index (κ2) is 12.4. The van der Waals surface area contributed by atoms with Gasteiger partial charge in [0.25, 0.3) is 5.56 Å². The minimum Gasteiger partial charge on any atom is -0.462 e. The standard InChI is InChI=1S/C26H35N2O9PS/c1-17(23(31)35-18-9-5-3-6-10-18)16-38(33,37-19-11-7-4-8-12-19)34-15-20-22(30)26(2,32)24(36-20)28-14-13-21(29)27-25(28)39/h4,7-8,11-14,17-18,20,22,24,30,32H,3,5-6,9-10,15-16H2,1-2H3,(H,27,29,39)/t17-,20-,22+,24-,26?,38+/m1/s1. The highest BCUT2D eigenvalue weighted by atomic mass is 32.1. The predicted molar refractivity (Wildman–Crippen MR) is 144 cm³/mol. The molecule has 2 heterocycles. The fourth-order valence-corrected chi connectivity index (χ4v) is 6.94. The lowest BCUT2D eigenvalue weighted by Gasteiger charge is -2.28. The zero-order valence-corrected chi connectivity index (χ0v) is 23.6. The minimum absolute atomic E-state index is 0.00933. The Balaban J connectivity index is 1.48. The van der Waals surface area contributed by atoms with E-state index < -0.39 is 55.7 Å². The summed E-state index contributed by atoms with van der Waals surface area (Å²) in [4.78, 5) is 26.8. The fraction of sp³-hybridized carbons (Fsp3) is 0.577. The molecular weight excluding hydrogens is 547 g/mol. The average molecular weight is 583 g/mol. The van der Waals surface area contributed by atoms with Crippen LogP contribution in [-0.4, -0.2) is 62.4 Å². The summed E-state index contributed by atoms with van der Waals surface area (Å²) >= 11 is 5.18. The van der Waals surface area contributed by atoms with E-state index in [1.54, 1.807) is 37.3 Å². The van der Waals surface area contributed by atoms with Crippen LogP contribution in [0.2, 0.25) is 0 Å². The van der Waals surface area contributed by atoms with Crippen LogP contribution in [0, 0.1) is 10.7 Å². The number of ether oxygens (including phenoxy) is 2. The Morgan fingerprint density at radius 1 is 1.26 bits per heavy atom.